The fourth-order valence-corrected chi connectivity index (χ4v) is 4.39. The predicted octanol–water partition coefficient (Wildman–Crippen LogP) is 4.83. The van der Waals surface area contributed by atoms with Gasteiger partial charge in [-0.15, -0.1) is 0 Å². The van der Waals surface area contributed by atoms with E-state index in [1.54, 1.807) is 24.5 Å². The van der Waals surface area contributed by atoms with Crippen LogP contribution in [0.4, 0.5) is 4.39 Å². The molecule has 0 radical (unpaired) electrons. The van der Waals surface area contributed by atoms with Gasteiger partial charge in [-0.3, -0.25) is 14.8 Å². The molecule has 0 saturated carbocycles. The van der Waals surface area contributed by atoms with Crippen LogP contribution in [0.25, 0.3) is 22.2 Å². The standard InChI is InChI=1S/C26H26FN5O2/c1-16(2)32-7-5-17(6-8-32)26-31-24(15-34-26)25(33)11-21-10-23-18(13-29-21)3-4-22(30-23)19-9-20(27)14-28-12-19/h3-4,9-10,12-17H,5-8,11H2,1-2H3. The van der Waals surface area contributed by atoms with Gasteiger partial charge < -0.3 is 9.32 Å². The summed E-state index contributed by atoms with van der Waals surface area (Å²) < 4.78 is 19.2. The summed E-state index contributed by atoms with van der Waals surface area (Å²) in [6, 6.07) is 7.38. The van der Waals surface area contributed by atoms with Crippen molar-refractivity contribution < 1.29 is 13.6 Å². The van der Waals surface area contributed by atoms with Crippen molar-refractivity contribution in [1.29, 1.82) is 0 Å². The number of piperidine rings is 1. The molecule has 0 unspecified atom stereocenters. The average Bonchev–Trinajstić information content (AvgIpc) is 3.34. The zero-order valence-corrected chi connectivity index (χ0v) is 19.2. The third-order valence-corrected chi connectivity index (χ3v) is 6.39. The highest BCUT2D eigenvalue weighted by atomic mass is 19.1. The van der Waals surface area contributed by atoms with E-state index >= 15 is 0 Å². The van der Waals surface area contributed by atoms with Gasteiger partial charge in [0.15, 0.2) is 11.7 Å². The number of rotatable bonds is 6. The number of nitrogens with zero attached hydrogens (tertiary/aromatic N) is 5. The summed E-state index contributed by atoms with van der Waals surface area (Å²) in [6.45, 7) is 6.43. The number of carbonyl (C=O) groups is 1. The lowest BCUT2D eigenvalue weighted by atomic mass is 9.96. The molecule has 0 amide bonds. The van der Waals surface area contributed by atoms with Crippen molar-refractivity contribution in [3.63, 3.8) is 0 Å². The molecular formula is C26H26FN5O2. The molecule has 0 atom stereocenters. The Hall–Kier alpha value is -3.52. The van der Waals surface area contributed by atoms with Gasteiger partial charge in [0.25, 0.3) is 0 Å². The summed E-state index contributed by atoms with van der Waals surface area (Å²) in [7, 11) is 0. The maximum absolute atomic E-state index is 13.6. The van der Waals surface area contributed by atoms with E-state index in [9.17, 15) is 9.18 Å². The van der Waals surface area contributed by atoms with Gasteiger partial charge in [-0.2, -0.15) is 0 Å². The molecule has 1 saturated heterocycles. The largest absolute Gasteiger partial charge is 0.448 e. The first-order valence-electron chi connectivity index (χ1n) is 11.6. The molecule has 0 N–H and O–H groups in total. The lowest BCUT2D eigenvalue weighted by Crippen LogP contribution is -2.37. The quantitative estimate of drug-likeness (QED) is 0.382. The minimum atomic E-state index is -0.419. The molecule has 7 nitrogen and oxygen atoms in total. The van der Waals surface area contributed by atoms with Crippen LogP contribution in [-0.4, -0.2) is 49.8 Å². The summed E-state index contributed by atoms with van der Waals surface area (Å²) in [5.74, 6) is 0.327. The Morgan fingerprint density at radius 1 is 1.15 bits per heavy atom. The zero-order chi connectivity index (χ0) is 23.7. The fraction of sp³-hybridized carbons (Fsp3) is 0.346. The number of aromatic nitrogens is 4. The van der Waals surface area contributed by atoms with Gasteiger partial charge in [0.05, 0.1) is 29.5 Å². The van der Waals surface area contributed by atoms with E-state index in [1.165, 1.54) is 12.3 Å². The minimum Gasteiger partial charge on any atom is -0.448 e. The number of Topliss-reactive ketones (excluding diaryl/α,β-unsaturated/α-hetero) is 1. The molecule has 8 heteroatoms. The monoisotopic (exact) mass is 459 g/mol. The molecule has 1 aliphatic heterocycles. The lowest BCUT2D eigenvalue weighted by molar-refractivity contribution is 0.0987. The number of hydrogen-bond acceptors (Lipinski definition) is 7. The van der Waals surface area contributed by atoms with Crippen LogP contribution in [0.3, 0.4) is 0 Å². The molecule has 174 valence electrons. The average molecular weight is 460 g/mol. The van der Waals surface area contributed by atoms with Gasteiger partial charge in [0.1, 0.15) is 17.8 Å². The Morgan fingerprint density at radius 2 is 1.97 bits per heavy atom. The van der Waals surface area contributed by atoms with E-state index < -0.39 is 5.82 Å². The Balaban J connectivity index is 1.30. The van der Waals surface area contributed by atoms with Crippen LogP contribution in [-0.2, 0) is 6.42 Å². The molecule has 34 heavy (non-hydrogen) atoms. The third kappa shape index (κ3) is 4.72. The van der Waals surface area contributed by atoms with E-state index in [1.807, 2.05) is 6.07 Å². The van der Waals surface area contributed by atoms with Gasteiger partial charge in [-0.25, -0.2) is 14.4 Å². The second-order valence-electron chi connectivity index (χ2n) is 9.03. The van der Waals surface area contributed by atoms with E-state index in [0.29, 0.717) is 40.1 Å². The normalized spacial score (nSPS) is 15.3. The van der Waals surface area contributed by atoms with Gasteiger partial charge >= 0.3 is 0 Å². The van der Waals surface area contributed by atoms with Crippen molar-refractivity contribution in [2.75, 3.05) is 13.1 Å². The number of ketones is 1. The molecule has 5 rings (SSSR count). The van der Waals surface area contributed by atoms with Crippen LogP contribution in [0.15, 0.2) is 53.5 Å². The first kappa shape index (κ1) is 22.3. The fourth-order valence-electron chi connectivity index (χ4n) is 4.39. The van der Waals surface area contributed by atoms with E-state index in [4.69, 9.17) is 4.42 Å². The summed E-state index contributed by atoms with van der Waals surface area (Å²) in [4.78, 5) is 32.7. The molecule has 4 aromatic heterocycles. The zero-order valence-electron chi connectivity index (χ0n) is 19.2. The summed E-state index contributed by atoms with van der Waals surface area (Å²) in [6.07, 6.45) is 7.93. The van der Waals surface area contributed by atoms with Crippen LogP contribution < -0.4 is 0 Å². The van der Waals surface area contributed by atoms with Crippen molar-refractivity contribution in [2.24, 2.45) is 0 Å². The first-order valence-corrected chi connectivity index (χ1v) is 11.6. The molecule has 0 aromatic carbocycles. The number of likely N-dealkylation sites (tertiary alicyclic amines) is 1. The Morgan fingerprint density at radius 3 is 2.74 bits per heavy atom. The summed E-state index contributed by atoms with van der Waals surface area (Å²) in [5, 5.41) is 0.834. The van der Waals surface area contributed by atoms with Crippen molar-refractivity contribution in [3.05, 3.63) is 72.2 Å². The molecule has 1 aliphatic rings. The highest BCUT2D eigenvalue weighted by molar-refractivity contribution is 5.95. The van der Waals surface area contributed by atoms with Crippen molar-refractivity contribution >= 4 is 16.7 Å². The number of halogens is 1. The lowest BCUT2D eigenvalue weighted by Gasteiger charge is -2.33. The van der Waals surface area contributed by atoms with E-state index in [0.717, 1.165) is 37.5 Å². The number of pyridine rings is 3. The highest BCUT2D eigenvalue weighted by Crippen LogP contribution is 2.28. The molecule has 0 bridgehead atoms. The third-order valence-electron chi connectivity index (χ3n) is 6.39. The second-order valence-corrected chi connectivity index (χ2v) is 9.03. The van der Waals surface area contributed by atoms with Gasteiger partial charge in [0.2, 0.25) is 0 Å². The van der Waals surface area contributed by atoms with Crippen LogP contribution in [0, 0.1) is 5.82 Å². The highest BCUT2D eigenvalue weighted by Gasteiger charge is 2.26. The van der Waals surface area contributed by atoms with Crippen molar-refractivity contribution in [2.45, 2.75) is 45.1 Å². The number of carbonyl (C=O) groups excluding carboxylic acids is 1. The van der Waals surface area contributed by atoms with Crippen molar-refractivity contribution in [3.8, 4) is 11.3 Å². The van der Waals surface area contributed by atoms with Crippen molar-refractivity contribution in [1.82, 2.24) is 24.8 Å². The molecule has 0 spiro atoms. The van der Waals surface area contributed by atoms with E-state index in [-0.39, 0.29) is 18.1 Å². The maximum atomic E-state index is 13.6. The van der Waals surface area contributed by atoms with Gasteiger partial charge in [-0.05, 0) is 64.0 Å². The minimum absolute atomic E-state index is 0.0983. The summed E-state index contributed by atoms with van der Waals surface area (Å²) in [5.41, 5.74) is 2.79. The van der Waals surface area contributed by atoms with Crippen LogP contribution in [0.1, 0.15) is 54.7 Å². The maximum Gasteiger partial charge on any atom is 0.197 e. The molecule has 4 aromatic rings. The molecule has 5 heterocycles. The Kier molecular flexibility index (Phi) is 6.15. The molecule has 1 fully saturated rings. The molecular weight excluding hydrogens is 433 g/mol. The first-order chi connectivity index (χ1) is 16.5. The second kappa shape index (κ2) is 9.38. The molecule has 0 aliphatic carbocycles. The Bertz CT molecular complexity index is 1330. The van der Waals surface area contributed by atoms with Crippen LogP contribution in [0.5, 0.6) is 0 Å². The number of fused-ring (bicyclic) bond motifs is 1. The summed E-state index contributed by atoms with van der Waals surface area (Å²) >= 11 is 0. The van der Waals surface area contributed by atoms with Gasteiger partial charge in [0, 0.05) is 35.3 Å². The van der Waals surface area contributed by atoms with E-state index in [2.05, 4.69) is 38.7 Å². The van der Waals surface area contributed by atoms with Crippen LogP contribution >= 0.6 is 0 Å². The number of hydrogen-bond donors (Lipinski definition) is 0. The smallest absolute Gasteiger partial charge is 0.197 e. The van der Waals surface area contributed by atoms with Crippen LogP contribution in [0.2, 0.25) is 0 Å². The number of oxazole rings is 1. The SMILES string of the molecule is CC(C)N1CCC(c2nc(C(=O)Cc3cc4nc(-c5cncc(F)c5)ccc4cn3)co2)CC1. The Labute approximate surface area is 197 Å². The topological polar surface area (TPSA) is 85.0 Å². The van der Waals surface area contributed by atoms with Gasteiger partial charge in [-0.1, -0.05) is 0 Å². The predicted molar refractivity (Wildman–Crippen MR) is 126 cm³/mol.